The quantitative estimate of drug-likeness (QED) is 0.594. The average Bonchev–Trinajstić information content (AvgIpc) is 2.05. The van der Waals surface area contributed by atoms with E-state index in [1.807, 2.05) is 11.8 Å². The van der Waals surface area contributed by atoms with Crippen LogP contribution in [0.25, 0.3) is 0 Å². The van der Waals surface area contributed by atoms with E-state index in [0.717, 1.165) is 6.42 Å². The molecule has 2 heteroatoms. The molecule has 74 valence electrons. The molecule has 12 heavy (non-hydrogen) atoms. The summed E-state index contributed by atoms with van der Waals surface area (Å²) in [4.78, 5) is 0. The van der Waals surface area contributed by atoms with Crippen molar-refractivity contribution >= 4 is 11.8 Å². The van der Waals surface area contributed by atoms with Gasteiger partial charge < -0.3 is 5.11 Å². The fourth-order valence-electron chi connectivity index (χ4n) is 1.08. The van der Waals surface area contributed by atoms with Gasteiger partial charge in [-0.1, -0.05) is 33.1 Å². The lowest BCUT2D eigenvalue weighted by Gasteiger charge is -2.08. The van der Waals surface area contributed by atoms with Crippen LogP contribution in [0.2, 0.25) is 0 Å². The molecule has 0 aromatic heterocycles. The van der Waals surface area contributed by atoms with Gasteiger partial charge in [-0.3, -0.25) is 0 Å². The van der Waals surface area contributed by atoms with Gasteiger partial charge in [-0.25, -0.2) is 0 Å². The van der Waals surface area contributed by atoms with Crippen LogP contribution in [0.1, 0.15) is 46.0 Å². The summed E-state index contributed by atoms with van der Waals surface area (Å²) in [5.74, 6) is 1.27. The maximum atomic E-state index is 8.66. The summed E-state index contributed by atoms with van der Waals surface area (Å²) < 4.78 is 0. The molecule has 0 spiro atoms. The molecule has 0 radical (unpaired) electrons. The summed E-state index contributed by atoms with van der Waals surface area (Å²) in [5.41, 5.74) is 0. The van der Waals surface area contributed by atoms with E-state index in [1.54, 1.807) is 0 Å². The Labute approximate surface area is 80.9 Å². The van der Waals surface area contributed by atoms with Crippen molar-refractivity contribution in [3.8, 4) is 0 Å². The number of hydrogen-bond donors (Lipinski definition) is 1. The molecular weight excluding hydrogens is 168 g/mol. The maximum absolute atomic E-state index is 8.66. The number of hydrogen-bond acceptors (Lipinski definition) is 2. The lowest BCUT2D eigenvalue weighted by atomic mass is 10.2. The van der Waals surface area contributed by atoms with Crippen LogP contribution in [-0.4, -0.2) is 22.7 Å². The van der Waals surface area contributed by atoms with Crippen molar-refractivity contribution in [2.24, 2.45) is 0 Å². The van der Waals surface area contributed by atoms with Crippen LogP contribution in [0.4, 0.5) is 0 Å². The Kier molecular flexibility index (Phi) is 9.64. The van der Waals surface area contributed by atoms with Gasteiger partial charge in [-0.2, -0.15) is 11.8 Å². The lowest BCUT2D eigenvalue weighted by Crippen LogP contribution is -2.00. The van der Waals surface area contributed by atoms with Gasteiger partial charge in [0.05, 0.1) is 0 Å². The van der Waals surface area contributed by atoms with Crippen LogP contribution in [-0.2, 0) is 0 Å². The maximum Gasteiger partial charge on any atom is 0.0441 e. The topological polar surface area (TPSA) is 20.2 Å². The Balaban J connectivity index is 2.97. The number of unbranched alkanes of at least 4 members (excludes halogenated alkanes) is 3. The first-order valence-electron chi connectivity index (χ1n) is 5.03. The zero-order chi connectivity index (χ0) is 9.23. The fraction of sp³-hybridized carbons (Fsp3) is 1.00. The molecule has 0 rings (SSSR count). The Bertz CT molecular complexity index is 85.9. The third-order valence-electron chi connectivity index (χ3n) is 1.94. The van der Waals surface area contributed by atoms with Gasteiger partial charge >= 0.3 is 0 Å². The summed E-state index contributed by atoms with van der Waals surface area (Å²) in [7, 11) is 0. The van der Waals surface area contributed by atoms with E-state index in [2.05, 4.69) is 13.8 Å². The average molecular weight is 190 g/mol. The molecule has 0 aliphatic heterocycles. The molecule has 0 amide bonds. The van der Waals surface area contributed by atoms with Gasteiger partial charge in [0.2, 0.25) is 0 Å². The Hall–Kier alpha value is 0.310. The molecule has 0 saturated carbocycles. The van der Waals surface area contributed by atoms with Crippen LogP contribution in [0.5, 0.6) is 0 Å². The molecule has 0 aromatic rings. The Morgan fingerprint density at radius 2 is 2.00 bits per heavy atom. The molecule has 1 atom stereocenters. The summed E-state index contributed by atoms with van der Waals surface area (Å²) >= 11 is 1.99. The van der Waals surface area contributed by atoms with Crippen molar-refractivity contribution in [3.05, 3.63) is 0 Å². The largest absolute Gasteiger partial charge is 0.396 e. The SMILES string of the molecule is CCCCCCSC(C)CCO. The van der Waals surface area contributed by atoms with Crippen LogP contribution in [0.15, 0.2) is 0 Å². The van der Waals surface area contributed by atoms with E-state index < -0.39 is 0 Å². The van der Waals surface area contributed by atoms with Crippen molar-refractivity contribution in [1.82, 2.24) is 0 Å². The van der Waals surface area contributed by atoms with Gasteiger partial charge in [-0.15, -0.1) is 0 Å². The first kappa shape index (κ1) is 12.3. The van der Waals surface area contributed by atoms with E-state index in [9.17, 15) is 0 Å². The Morgan fingerprint density at radius 3 is 2.58 bits per heavy atom. The van der Waals surface area contributed by atoms with Crippen molar-refractivity contribution in [2.45, 2.75) is 51.2 Å². The second-order valence-electron chi connectivity index (χ2n) is 3.25. The molecule has 0 heterocycles. The molecule has 0 aliphatic rings. The normalized spacial score (nSPS) is 13.2. The highest BCUT2D eigenvalue weighted by Gasteiger charge is 2.00. The van der Waals surface area contributed by atoms with Gasteiger partial charge in [-0.05, 0) is 18.6 Å². The van der Waals surface area contributed by atoms with E-state index in [4.69, 9.17) is 5.11 Å². The molecule has 1 N–H and O–H groups in total. The molecule has 1 nitrogen and oxygen atoms in total. The molecule has 0 fully saturated rings. The molecular formula is C10H22OS. The predicted octanol–water partition coefficient (Wildman–Crippen LogP) is 3.07. The minimum absolute atomic E-state index is 0.336. The highest BCUT2D eigenvalue weighted by Crippen LogP contribution is 2.15. The monoisotopic (exact) mass is 190 g/mol. The smallest absolute Gasteiger partial charge is 0.0441 e. The molecule has 0 saturated heterocycles. The second kappa shape index (κ2) is 9.40. The van der Waals surface area contributed by atoms with Crippen LogP contribution < -0.4 is 0 Å². The highest BCUT2D eigenvalue weighted by molar-refractivity contribution is 7.99. The molecule has 0 aromatic carbocycles. The number of aliphatic hydroxyl groups is 1. The first-order valence-corrected chi connectivity index (χ1v) is 6.08. The molecule has 0 aliphatic carbocycles. The molecule has 0 bridgehead atoms. The summed E-state index contributed by atoms with van der Waals surface area (Å²) in [6.07, 6.45) is 6.34. The van der Waals surface area contributed by atoms with Crippen molar-refractivity contribution < 1.29 is 5.11 Å². The summed E-state index contributed by atoms with van der Waals surface area (Å²) in [6, 6.07) is 0. The standard InChI is InChI=1S/C10H22OS/c1-3-4-5-6-9-12-10(2)7-8-11/h10-11H,3-9H2,1-2H3. The van der Waals surface area contributed by atoms with E-state index in [1.165, 1.54) is 31.4 Å². The Morgan fingerprint density at radius 1 is 1.25 bits per heavy atom. The first-order chi connectivity index (χ1) is 5.81. The zero-order valence-corrected chi connectivity index (χ0v) is 9.20. The van der Waals surface area contributed by atoms with Crippen LogP contribution >= 0.6 is 11.8 Å². The fourth-order valence-corrected chi connectivity index (χ4v) is 2.12. The number of rotatable bonds is 8. The highest BCUT2D eigenvalue weighted by atomic mass is 32.2. The van der Waals surface area contributed by atoms with E-state index in [-0.39, 0.29) is 0 Å². The van der Waals surface area contributed by atoms with E-state index >= 15 is 0 Å². The minimum Gasteiger partial charge on any atom is -0.396 e. The second-order valence-corrected chi connectivity index (χ2v) is 4.80. The van der Waals surface area contributed by atoms with Gasteiger partial charge in [0, 0.05) is 11.9 Å². The predicted molar refractivity (Wildman–Crippen MR) is 57.8 cm³/mol. The third kappa shape index (κ3) is 8.41. The van der Waals surface area contributed by atoms with Crippen molar-refractivity contribution in [2.75, 3.05) is 12.4 Å². The third-order valence-corrected chi connectivity index (χ3v) is 3.27. The minimum atomic E-state index is 0.336. The number of thioether (sulfide) groups is 1. The zero-order valence-electron chi connectivity index (χ0n) is 8.38. The van der Waals surface area contributed by atoms with Gasteiger partial charge in [0.25, 0.3) is 0 Å². The van der Waals surface area contributed by atoms with Crippen molar-refractivity contribution in [1.29, 1.82) is 0 Å². The summed E-state index contributed by atoms with van der Waals surface area (Å²) in [5, 5.41) is 9.30. The lowest BCUT2D eigenvalue weighted by molar-refractivity contribution is 0.289. The molecule has 1 unspecified atom stereocenters. The van der Waals surface area contributed by atoms with Crippen LogP contribution in [0.3, 0.4) is 0 Å². The van der Waals surface area contributed by atoms with Crippen LogP contribution in [0, 0.1) is 0 Å². The summed E-state index contributed by atoms with van der Waals surface area (Å²) in [6.45, 7) is 4.77. The van der Waals surface area contributed by atoms with Gasteiger partial charge in [0.15, 0.2) is 0 Å². The number of aliphatic hydroxyl groups excluding tert-OH is 1. The van der Waals surface area contributed by atoms with Crippen molar-refractivity contribution in [3.63, 3.8) is 0 Å². The van der Waals surface area contributed by atoms with E-state index in [0.29, 0.717) is 11.9 Å². The van der Waals surface area contributed by atoms with Gasteiger partial charge in [0.1, 0.15) is 0 Å².